The summed E-state index contributed by atoms with van der Waals surface area (Å²) < 4.78 is 41.8. The number of aromatic nitrogens is 3. The van der Waals surface area contributed by atoms with Crippen LogP contribution in [0.15, 0.2) is 54.7 Å². The minimum Gasteiger partial charge on any atom is -0.481 e. The maximum Gasteiger partial charge on any atom is 0.416 e. The third-order valence-electron chi connectivity index (χ3n) is 8.26. The zero-order valence-corrected chi connectivity index (χ0v) is 27.6. The third kappa shape index (κ3) is 11.2. The number of carboxylic acid groups (broad SMARTS) is 2. The van der Waals surface area contributed by atoms with Crippen molar-refractivity contribution in [3.05, 3.63) is 82.7 Å². The van der Waals surface area contributed by atoms with E-state index in [2.05, 4.69) is 26.3 Å². The van der Waals surface area contributed by atoms with Crippen LogP contribution < -0.4 is 16.0 Å². The van der Waals surface area contributed by atoms with Crippen molar-refractivity contribution in [2.24, 2.45) is 5.92 Å². The van der Waals surface area contributed by atoms with Crippen LogP contribution in [0.4, 0.5) is 13.2 Å². The summed E-state index contributed by atoms with van der Waals surface area (Å²) in [5.41, 5.74) is 0.349. The van der Waals surface area contributed by atoms with Crippen molar-refractivity contribution in [3.63, 3.8) is 0 Å². The first-order valence-electron chi connectivity index (χ1n) is 16.0. The van der Waals surface area contributed by atoms with Crippen molar-refractivity contribution in [2.75, 3.05) is 0 Å². The molecule has 1 saturated carbocycles. The third-order valence-corrected chi connectivity index (χ3v) is 8.26. The van der Waals surface area contributed by atoms with Gasteiger partial charge in [-0.15, -0.1) is 5.10 Å². The van der Waals surface area contributed by atoms with E-state index in [1.54, 1.807) is 6.20 Å². The number of ketones is 1. The molecule has 3 aromatic rings. The highest BCUT2D eigenvalue weighted by Gasteiger charge is 2.34. The molecule has 4 atom stereocenters. The highest BCUT2D eigenvalue weighted by Crippen LogP contribution is 2.38. The lowest BCUT2D eigenvalue weighted by atomic mass is 9.98. The minimum absolute atomic E-state index is 0.00337. The molecule has 0 bridgehead atoms. The van der Waals surface area contributed by atoms with E-state index in [0.717, 1.165) is 36.7 Å². The molecule has 14 nitrogen and oxygen atoms in total. The van der Waals surface area contributed by atoms with E-state index in [-0.39, 0.29) is 30.0 Å². The monoisotopic (exact) mass is 714 g/mol. The number of Topliss-reactive ketones (excluding diaryl/α,β-unsaturated/α-hetero) is 1. The second-order valence-corrected chi connectivity index (χ2v) is 12.5. The van der Waals surface area contributed by atoms with Gasteiger partial charge < -0.3 is 26.2 Å². The maximum absolute atomic E-state index is 13.7. The molecule has 0 saturated heterocycles. The summed E-state index contributed by atoms with van der Waals surface area (Å²) >= 11 is 0. The van der Waals surface area contributed by atoms with E-state index in [0.29, 0.717) is 5.56 Å². The molecule has 1 aliphatic carbocycles. The molecule has 0 unspecified atom stereocenters. The van der Waals surface area contributed by atoms with Crippen LogP contribution in [0.1, 0.15) is 71.8 Å². The highest BCUT2D eigenvalue weighted by atomic mass is 19.4. The summed E-state index contributed by atoms with van der Waals surface area (Å²) in [7, 11) is 0. The van der Waals surface area contributed by atoms with Gasteiger partial charge in [-0.3, -0.25) is 24.0 Å². The fourth-order valence-electron chi connectivity index (χ4n) is 5.22. The van der Waals surface area contributed by atoms with Crippen molar-refractivity contribution in [1.82, 2.24) is 30.9 Å². The Morgan fingerprint density at radius 2 is 1.49 bits per heavy atom. The molecule has 272 valence electrons. The number of nitrogens with one attached hydrogen (secondary N) is 3. The Balaban J connectivity index is 1.53. The molecule has 4 rings (SSSR count). The molecule has 1 aromatic heterocycles. The Morgan fingerprint density at radius 1 is 0.863 bits per heavy atom. The van der Waals surface area contributed by atoms with Crippen molar-refractivity contribution in [2.45, 2.75) is 82.7 Å². The van der Waals surface area contributed by atoms with Gasteiger partial charge in [0.05, 0.1) is 29.8 Å². The van der Waals surface area contributed by atoms with E-state index >= 15 is 0 Å². The number of carbonyl (C=O) groups excluding carboxylic acids is 4. The first kappa shape index (κ1) is 38.2. The number of aliphatic carboxylic acids is 1. The molecular weight excluding hydrogens is 677 g/mol. The van der Waals surface area contributed by atoms with E-state index in [9.17, 15) is 47.0 Å². The Bertz CT molecular complexity index is 1770. The summed E-state index contributed by atoms with van der Waals surface area (Å²) in [6.45, 7) is 2.59. The molecule has 51 heavy (non-hydrogen) atoms. The van der Waals surface area contributed by atoms with Crippen LogP contribution in [0.2, 0.25) is 0 Å². The normalized spacial score (nSPS) is 15.2. The largest absolute Gasteiger partial charge is 0.481 e. The topological polar surface area (TPSA) is 210 Å². The molecule has 17 heteroatoms. The highest BCUT2D eigenvalue weighted by molar-refractivity contribution is 5.96. The SMILES string of the molecule is CC(=O)[C@H](Cn1cc(C2CC2)nn1)NC(=O)[C@H](Cc1cccc(C(F)(F)F)c1)NC(=O)[C@H](CC(=O)O)NC(=O)[C@@H](C)Cc1ccc(C(=O)O)cc1. The molecule has 1 fully saturated rings. The van der Waals surface area contributed by atoms with Crippen molar-refractivity contribution < 1.29 is 52.2 Å². The molecule has 0 aliphatic heterocycles. The molecule has 1 aliphatic rings. The van der Waals surface area contributed by atoms with Crippen LogP contribution in [0, 0.1) is 5.92 Å². The molecule has 3 amide bonds. The van der Waals surface area contributed by atoms with Crippen LogP contribution in [-0.2, 0) is 49.5 Å². The summed E-state index contributed by atoms with van der Waals surface area (Å²) in [4.78, 5) is 75.7. The van der Waals surface area contributed by atoms with Gasteiger partial charge in [0, 0.05) is 24.5 Å². The lowest BCUT2D eigenvalue weighted by Crippen LogP contribution is -2.57. The fourth-order valence-corrected chi connectivity index (χ4v) is 5.22. The number of alkyl halides is 3. The molecule has 0 spiro atoms. The van der Waals surface area contributed by atoms with Gasteiger partial charge in [-0.25, -0.2) is 9.48 Å². The van der Waals surface area contributed by atoms with Crippen molar-refractivity contribution >= 4 is 35.4 Å². The number of nitrogens with zero attached hydrogens (tertiary/aromatic N) is 3. The molecule has 2 aromatic carbocycles. The van der Waals surface area contributed by atoms with E-state index in [4.69, 9.17) is 5.11 Å². The number of amides is 3. The van der Waals surface area contributed by atoms with Gasteiger partial charge in [-0.2, -0.15) is 13.2 Å². The van der Waals surface area contributed by atoms with E-state index in [1.165, 1.54) is 48.9 Å². The number of halogens is 3. The summed E-state index contributed by atoms with van der Waals surface area (Å²) in [5.74, 6) is -6.44. The van der Waals surface area contributed by atoms with Crippen LogP contribution in [0.25, 0.3) is 0 Å². The zero-order chi connectivity index (χ0) is 37.5. The van der Waals surface area contributed by atoms with Gasteiger partial charge in [-0.1, -0.05) is 42.5 Å². The Labute approximate surface area is 289 Å². The average Bonchev–Trinajstić information content (AvgIpc) is 3.81. The van der Waals surface area contributed by atoms with Gasteiger partial charge in [-0.05, 0) is 55.5 Å². The second-order valence-electron chi connectivity index (χ2n) is 12.5. The van der Waals surface area contributed by atoms with Crippen molar-refractivity contribution in [1.29, 1.82) is 0 Å². The first-order chi connectivity index (χ1) is 24.0. The standard InChI is InChI=1S/C34H37F3N6O8/c1-18(12-20-6-8-23(9-7-20)33(50)51)30(47)38-26(15-29(45)46)32(49)39-25(14-21-4-3-5-24(13-21)34(35,36)37)31(48)40-27(19(2)44)16-43-17-28(41-42-43)22-10-11-22/h3-9,13,17-18,22,25-27H,10-12,14-16H2,1-2H3,(H,38,47)(H,39,49)(H,40,48)(H,45,46)(H,50,51)/t18-,25-,26-,27-/m0/s1. The fraction of sp³-hybridized carbons (Fsp3) is 0.412. The van der Waals surface area contributed by atoms with Crippen LogP contribution in [0.3, 0.4) is 0 Å². The predicted octanol–water partition coefficient (Wildman–Crippen LogP) is 2.51. The molecule has 0 radical (unpaired) electrons. The Hall–Kier alpha value is -5.61. The first-order valence-corrected chi connectivity index (χ1v) is 16.0. The lowest BCUT2D eigenvalue weighted by molar-refractivity contribution is -0.141. The lowest BCUT2D eigenvalue weighted by Gasteiger charge is -2.25. The van der Waals surface area contributed by atoms with Gasteiger partial charge in [0.25, 0.3) is 0 Å². The maximum atomic E-state index is 13.7. The van der Waals surface area contributed by atoms with E-state index in [1.807, 2.05) is 0 Å². The molecular formula is C34H37F3N6O8. The number of carbonyl (C=O) groups is 6. The molecule has 1 heterocycles. The van der Waals surface area contributed by atoms with E-state index < -0.39 is 84.1 Å². The zero-order valence-electron chi connectivity index (χ0n) is 27.6. The Morgan fingerprint density at radius 3 is 2.08 bits per heavy atom. The number of carboxylic acids is 2. The number of aromatic carboxylic acids is 1. The minimum atomic E-state index is -4.71. The average molecular weight is 715 g/mol. The number of hydrogen-bond donors (Lipinski definition) is 5. The molecule has 5 N–H and O–H groups in total. The Kier molecular flexibility index (Phi) is 12.3. The number of hydrogen-bond acceptors (Lipinski definition) is 8. The van der Waals surface area contributed by atoms with Gasteiger partial charge in [0.1, 0.15) is 18.1 Å². The van der Waals surface area contributed by atoms with Crippen LogP contribution in [-0.4, -0.2) is 78.8 Å². The smallest absolute Gasteiger partial charge is 0.416 e. The summed E-state index contributed by atoms with van der Waals surface area (Å²) in [6, 6.07) is 5.29. The summed E-state index contributed by atoms with van der Waals surface area (Å²) in [5, 5.41) is 33.9. The van der Waals surface area contributed by atoms with Crippen LogP contribution in [0.5, 0.6) is 0 Å². The quantitative estimate of drug-likeness (QED) is 0.138. The summed E-state index contributed by atoms with van der Waals surface area (Å²) in [6.07, 6.45) is -2.44. The van der Waals surface area contributed by atoms with Crippen LogP contribution >= 0.6 is 0 Å². The number of benzene rings is 2. The van der Waals surface area contributed by atoms with Crippen molar-refractivity contribution in [3.8, 4) is 0 Å². The van der Waals surface area contributed by atoms with Gasteiger partial charge in [0.15, 0.2) is 5.78 Å². The number of rotatable bonds is 17. The predicted molar refractivity (Wildman–Crippen MR) is 172 cm³/mol. The second kappa shape index (κ2) is 16.4. The van der Waals surface area contributed by atoms with Gasteiger partial charge in [0.2, 0.25) is 17.7 Å². The van der Waals surface area contributed by atoms with Gasteiger partial charge >= 0.3 is 18.1 Å².